The van der Waals surface area contributed by atoms with E-state index in [1.54, 1.807) is 7.05 Å². The molecule has 0 radical (unpaired) electrons. The van der Waals surface area contributed by atoms with Crippen molar-refractivity contribution in [2.45, 2.75) is 12.8 Å². The van der Waals surface area contributed by atoms with Gasteiger partial charge in [-0.3, -0.25) is 4.79 Å². The summed E-state index contributed by atoms with van der Waals surface area (Å²) in [5.41, 5.74) is 7.95. The van der Waals surface area contributed by atoms with Crippen molar-refractivity contribution in [3.63, 3.8) is 0 Å². The molecule has 0 aromatic heterocycles. The second-order valence-corrected chi connectivity index (χ2v) is 2.60. The molecule has 0 unspecified atom stereocenters. The first-order valence-corrected chi connectivity index (χ1v) is 4.08. The van der Waals surface area contributed by atoms with E-state index in [0.717, 1.165) is 0 Å². The van der Waals surface area contributed by atoms with Crippen LogP contribution in [0.4, 0.5) is 0 Å². The van der Waals surface area contributed by atoms with Gasteiger partial charge >= 0.3 is 0 Å². The second kappa shape index (κ2) is 7.39. The summed E-state index contributed by atoms with van der Waals surface area (Å²) in [5, 5.41) is 11.8. The van der Waals surface area contributed by atoms with Crippen molar-refractivity contribution in [1.29, 1.82) is 0 Å². The molecule has 0 bridgehead atoms. The monoisotopic (exact) mass is 186 g/mol. The smallest absolute Gasteiger partial charge is 0.222 e. The van der Waals surface area contributed by atoms with Crippen LogP contribution in [0.1, 0.15) is 12.8 Å². The Bertz CT molecular complexity index is 201. The quantitative estimate of drug-likeness (QED) is 0.284. The zero-order valence-electron chi connectivity index (χ0n) is 7.68. The third kappa shape index (κ3) is 5.95. The SMILES string of the molecule is CN(CCO)C(=O)CCCN=[N+]=[N-]. The topological polar surface area (TPSA) is 89.3 Å². The summed E-state index contributed by atoms with van der Waals surface area (Å²) >= 11 is 0. The standard InChI is InChI=1S/C7H14N4O2/c1-11(5-6-12)7(13)3-2-4-9-10-8/h12H,2-6H2,1H3. The van der Waals surface area contributed by atoms with Crippen LogP contribution in [0.2, 0.25) is 0 Å². The van der Waals surface area contributed by atoms with Crippen LogP contribution >= 0.6 is 0 Å². The highest BCUT2D eigenvalue weighted by Crippen LogP contribution is 1.95. The van der Waals surface area contributed by atoms with Crippen LogP contribution in [-0.4, -0.2) is 42.7 Å². The molecule has 6 nitrogen and oxygen atoms in total. The molecule has 1 N–H and O–H groups in total. The van der Waals surface area contributed by atoms with Crippen molar-refractivity contribution < 1.29 is 9.90 Å². The zero-order chi connectivity index (χ0) is 10.1. The fourth-order valence-electron chi connectivity index (χ4n) is 0.811. The minimum atomic E-state index is -0.0396. The summed E-state index contributed by atoms with van der Waals surface area (Å²) in [5.74, 6) is -0.0396. The highest BCUT2D eigenvalue weighted by atomic mass is 16.3. The van der Waals surface area contributed by atoms with Crippen LogP contribution in [0, 0.1) is 0 Å². The molecule has 0 spiro atoms. The molecule has 0 saturated carbocycles. The number of amides is 1. The molecule has 0 aliphatic rings. The van der Waals surface area contributed by atoms with Crippen molar-refractivity contribution in [2.24, 2.45) is 5.11 Å². The third-order valence-corrected chi connectivity index (χ3v) is 1.57. The molecular weight excluding hydrogens is 172 g/mol. The van der Waals surface area contributed by atoms with E-state index in [4.69, 9.17) is 10.6 Å². The van der Waals surface area contributed by atoms with Crippen LogP contribution in [0.25, 0.3) is 10.4 Å². The predicted molar refractivity (Wildman–Crippen MR) is 48.0 cm³/mol. The Hall–Kier alpha value is -1.26. The molecular formula is C7H14N4O2. The van der Waals surface area contributed by atoms with E-state index in [1.807, 2.05) is 0 Å². The van der Waals surface area contributed by atoms with Gasteiger partial charge in [-0.1, -0.05) is 5.11 Å². The van der Waals surface area contributed by atoms with Crippen LogP contribution in [0.3, 0.4) is 0 Å². The Balaban J connectivity index is 3.55. The average Bonchev–Trinajstić information content (AvgIpc) is 2.12. The molecule has 74 valence electrons. The van der Waals surface area contributed by atoms with Crippen LogP contribution < -0.4 is 0 Å². The highest BCUT2D eigenvalue weighted by molar-refractivity contribution is 5.75. The summed E-state index contributed by atoms with van der Waals surface area (Å²) < 4.78 is 0. The number of nitrogens with zero attached hydrogens (tertiary/aromatic N) is 4. The lowest BCUT2D eigenvalue weighted by Crippen LogP contribution is -2.29. The fourth-order valence-corrected chi connectivity index (χ4v) is 0.811. The number of hydrogen-bond acceptors (Lipinski definition) is 3. The number of hydrogen-bond donors (Lipinski definition) is 1. The van der Waals surface area contributed by atoms with E-state index in [0.29, 0.717) is 25.9 Å². The number of aliphatic hydroxyl groups excluding tert-OH is 1. The Labute approximate surface area is 76.8 Å². The average molecular weight is 186 g/mol. The Morgan fingerprint density at radius 3 is 2.92 bits per heavy atom. The summed E-state index contributed by atoms with van der Waals surface area (Å²) in [6.07, 6.45) is 0.911. The normalized spacial score (nSPS) is 9.08. The van der Waals surface area contributed by atoms with Crippen molar-refractivity contribution in [2.75, 3.05) is 26.7 Å². The van der Waals surface area contributed by atoms with Gasteiger partial charge < -0.3 is 10.0 Å². The van der Waals surface area contributed by atoms with Crippen molar-refractivity contribution in [3.05, 3.63) is 10.4 Å². The maximum atomic E-state index is 11.2. The maximum absolute atomic E-state index is 11.2. The van der Waals surface area contributed by atoms with E-state index in [2.05, 4.69) is 10.0 Å². The lowest BCUT2D eigenvalue weighted by Gasteiger charge is -2.14. The van der Waals surface area contributed by atoms with Gasteiger partial charge in [0, 0.05) is 31.5 Å². The molecule has 0 saturated heterocycles. The number of carbonyl (C=O) groups excluding carboxylic acids is 1. The molecule has 0 aliphatic carbocycles. The molecule has 0 fully saturated rings. The largest absolute Gasteiger partial charge is 0.395 e. The van der Waals surface area contributed by atoms with Crippen LogP contribution in [0.15, 0.2) is 5.11 Å². The highest BCUT2D eigenvalue weighted by Gasteiger charge is 2.06. The van der Waals surface area contributed by atoms with Gasteiger partial charge in [0.1, 0.15) is 0 Å². The predicted octanol–water partition coefficient (Wildman–Crippen LogP) is 0.528. The molecule has 1 amide bonds. The molecule has 0 heterocycles. The minimum Gasteiger partial charge on any atom is -0.395 e. The first-order chi connectivity index (χ1) is 6.22. The van der Waals surface area contributed by atoms with Gasteiger partial charge in [0.25, 0.3) is 0 Å². The van der Waals surface area contributed by atoms with E-state index in [-0.39, 0.29) is 12.5 Å². The summed E-state index contributed by atoms with van der Waals surface area (Å²) in [7, 11) is 1.63. The number of aliphatic hydroxyl groups is 1. The molecule has 13 heavy (non-hydrogen) atoms. The molecule has 0 aromatic rings. The molecule has 0 atom stereocenters. The molecule has 0 aliphatic heterocycles. The van der Waals surface area contributed by atoms with Gasteiger partial charge in [0.2, 0.25) is 5.91 Å². The van der Waals surface area contributed by atoms with Gasteiger partial charge in [-0.2, -0.15) is 0 Å². The lowest BCUT2D eigenvalue weighted by molar-refractivity contribution is -0.130. The Morgan fingerprint density at radius 2 is 2.38 bits per heavy atom. The van der Waals surface area contributed by atoms with E-state index < -0.39 is 0 Å². The maximum Gasteiger partial charge on any atom is 0.222 e. The Kier molecular flexibility index (Phi) is 6.68. The van der Waals surface area contributed by atoms with Crippen molar-refractivity contribution in [1.82, 2.24) is 4.90 Å². The van der Waals surface area contributed by atoms with Crippen molar-refractivity contribution in [3.8, 4) is 0 Å². The van der Waals surface area contributed by atoms with Crippen molar-refractivity contribution >= 4 is 5.91 Å². The minimum absolute atomic E-state index is 0.0292. The fraction of sp³-hybridized carbons (Fsp3) is 0.857. The molecule has 0 aromatic carbocycles. The summed E-state index contributed by atoms with van der Waals surface area (Å²) in [6.45, 7) is 0.661. The summed E-state index contributed by atoms with van der Waals surface area (Å²) in [4.78, 5) is 15.2. The van der Waals surface area contributed by atoms with Crippen LogP contribution in [-0.2, 0) is 4.79 Å². The summed E-state index contributed by atoms with van der Waals surface area (Å²) in [6, 6.07) is 0. The van der Waals surface area contributed by atoms with Crippen LogP contribution in [0.5, 0.6) is 0 Å². The second-order valence-electron chi connectivity index (χ2n) is 2.60. The number of rotatable bonds is 6. The lowest BCUT2D eigenvalue weighted by atomic mass is 10.3. The van der Waals surface area contributed by atoms with E-state index in [9.17, 15) is 4.79 Å². The van der Waals surface area contributed by atoms with Gasteiger partial charge in [0.15, 0.2) is 0 Å². The number of azide groups is 1. The number of carbonyl (C=O) groups is 1. The molecule has 6 heteroatoms. The van der Waals surface area contributed by atoms with E-state index in [1.165, 1.54) is 4.90 Å². The van der Waals surface area contributed by atoms with Gasteiger partial charge in [0.05, 0.1) is 6.61 Å². The Morgan fingerprint density at radius 1 is 1.69 bits per heavy atom. The van der Waals surface area contributed by atoms with Gasteiger partial charge in [-0.25, -0.2) is 0 Å². The van der Waals surface area contributed by atoms with Gasteiger partial charge in [-0.05, 0) is 12.0 Å². The van der Waals surface area contributed by atoms with Gasteiger partial charge in [-0.15, -0.1) is 0 Å². The first-order valence-electron chi connectivity index (χ1n) is 4.08. The van der Waals surface area contributed by atoms with E-state index >= 15 is 0 Å². The number of likely N-dealkylation sites (N-methyl/N-ethyl adjacent to an activating group) is 1. The molecule has 0 rings (SSSR count). The zero-order valence-corrected chi connectivity index (χ0v) is 7.68. The first kappa shape index (κ1) is 11.7. The third-order valence-electron chi connectivity index (χ3n) is 1.57.